The number of rotatable bonds is 5. The zero-order chi connectivity index (χ0) is 18.5. The van der Waals surface area contributed by atoms with Crippen molar-refractivity contribution in [3.05, 3.63) is 114 Å². The Bertz CT molecular complexity index is 979. The molecule has 3 aromatic rings. The van der Waals surface area contributed by atoms with Gasteiger partial charge < -0.3 is 4.74 Å². The molecular weight excluding hydrogens is 334 g/mol. The van der Waals surface area contributed by atoms with Crippen LogP contribution in [0, 0.1) is 0 Å². The summed E-state index contributed by atoms with van der Waals surface area (Å²) in [7, 11) is 0. The highest BCUT2D eigenvalue weighted by molar-refractivity contribution is 6.44. The number of cyclic esters (lactones) is 1. The lowest BCUT2D eigenvalue weighted by Crippen LogP contribution is -2.24. The van der Waals surface area contributed by atoms with Gasteiger partial charge in [-0.1, -0.05) is 103 Å². The number of hydrogen-bond donors (Lipinski definition) is 0. The normalized spacial score (nSPS) is 19.1. The van der Waals surface area contributed by atoms with Crippen molar-refractivity contribution in [2.45, 2.75) is 12.1 Å². The molecule has 0 N–H and O–H groups in total. The Morgan fingerprint density at radius 3 is 2.07 bits per heavy atom. The quantitative estimate of drug-likeness (QED) is 0.606. The number of esters is 1. The van der Waals surface area contributed by atoms with E-state index in [0.29, 0.717) is 12.1 Å². The first-order chi connectivity index (χ1) is 13.3. The topological polar surface area (TPSA) is 38.7 Å². The van der Waals surface area contributed by atoms with E-state index >= 15 is 0 Å². The highest BCUT2D eigenvalue weighted by Gasteiger charge is 2.43. The van der Waals surface area contributed by atoms with Crippen molar-refractivity contribution >= 4 is 17.8 Å². The van der Waals surface area contributed by atoms with E-state index in [1.165, 1.54) is 0 Å². The van der Waals surface area contributed by atoms with E-state index in [4.69, 9.17) is 9.73 Å². The van der Waals surface area contributed by atoms with Crippen LogP contribution in [0.15, 0.2) is 102 Å². The molecule has 132 valence electrons. The molecule has 0 saturated carbocycles. The first-order valence-electron chi connectivity index (χ1n) is 8.93. The Hall–Kier alpha value is -3.46. The molecule has 0 aliphatic carbocycles. The van der Waals surface area contributed by atoms with E-state index in [-0.39, 0.29) is 0 Å². The molecule has 1 heterocycles. The molecule has 0 saturated heterocycles. The zero-order valence-corrected chi connectivity index (χ0v) is 14.8. The molecular formula is C24H19NO2. The number of ether oxygens (including phenoxy) is 1. The average Bonchev–Trinajstić information content (AvgIpc) is 3.08. The summed E-state index contributed by atoms with van der Waals surface area (Å²) in [4.78, 5) is 17.4. The van der Waals surface area contributed by atoms with Gasteiger partial charge in [0.2, 0.25) is 5.72 Å². The number of benzene rings is 3. The molecule has 3 aromatic carbocycles. The molecule has 0 radical (unpaired) electrons. The van der Waals surface area contributed by atoms with Crippen LogP contribution in [0.5, 0.6) is 0 Å². The van der Waals surface area contributed by atoms with Crippen LogP contribution in [0.4, 0.5) is 0 Å². The summed E-state index contributed by atoms with van der Waals surface area (Å²) in [6, 6.07) is 29.2. The van der Waals surface area contributed by atoms with Crippen LogP contribution in [0.1, 0.15) is 23.1 Å². The molecule has 0 fully saturated rings. The maximum absolute atomic E-state index is 12.6. The van der Waals surface area contributed by atoms with Crippen molar-refractivity contribution in [3.8, 4) is 0 Å². The molecule has 1 aliphatic heterocycles. The van der Waals surface area contributed by atoms with Gasteiger partial charge in [0.05, 0.1) is 0 Å². The first-order valence-corrected chi connectivity index (χ1v) is 8.93. The van der Waals surface area contributed by atoms with Crippen molar-refractivity contribution in [2.75, 3.05) is 0 Å². The van der Waals surface area contributed by atoms with Gasteiger partial charge in [0.25, 0.3) is 0 Å². The summed E-state index contributed by atoms with van der Waals surface area (Å²) in [6.45, 7) is 0. The number of hydrogen-bond acceptors (Lipinski definition) is 3. The standard InChI is InChI=1S/C24H19NO2/c26-23-22(20-14-6-2-7-15-20)25-24(27-23,21-16-8-3-9-17-21)18-10-13-19-11-4-1-5-12-19/h1-17H,18H2/b13-10+. The molecule has 0 bridgehead atoms. The fraction of sp³-hybridized carbons (Fsp3) is 0.0833. The first kappa shape index (κ1) is 17.0. The third-order valence-corrected chi connectivity index (χ3v) is 4.52. The number of carbonyl (C=O) groups excluding carboxylic acids is 1. The Morgan fingerprint density at radius 1 is 0.815 bits per heavy atom. The molecule has 3 heteroatoms. The number of nitrogens with zero attached hydrogens (tertiary/aromatic N) is 1. The lowest BCUT2D eigenvalue weighted by atomic mass is 9.99. The monoisotopic (exact) mass is 353 g/mol. The highest BCUT2D eigenvalue weighted by atomic mass is 16.6. The maximum atomic E-state index is 12.6. The predicted octanol–water partition coefficient (Wildman–Crippen LogP) is 4.99. The van der Waals surface area contributed by atoms with Crippen molar-refractivity contribution in [2.24, 2.45) is 4.99 Å². The van der Waals surface area contributed by atoms with E-state index in [1.54, 1.807) is 0 Å². The molecule has 1 atom stereocenters. The van der Waals surface area contributed by atoms with Crippen LogP contribution in [0.3, 0.4) is 0 Å². The number of aliphatic imine (C=N–C) groups is 1. The summed E-state index contributed by atoms with van der Waals surface area (Å²) < 4.78 is 5.85. The van der Waals surface area contributed by atoms with Crippen LogP contribution in [-0.4, -0.2) is 11.7 Å². The summed E-state index contributed by atoms with van der Waals surface area (Å²) in [5.41, 5.74) is 2.06. The largest absolute Gasteiger partial charge is 0.428 e. The second-order valence-electron chi connectivity index (χ2n) is 6.38. The summed E-state index contributed by atoms with van der Waals surface area (Å²) >= 11 is 0. The minimum Gasteiger partial charge on any atom is -0.428 e. The Labute approximate surface area is 158 Å². The van der Waals surface area contributed by atoms with Gasteiger partial charge in [-0.3, -0.25) is 0 Å². The van der Waals surface area contributed by atoms with Crippen LogP contribution < -0.4 is 0 Å². The van der Waals surface area contributed by atoms with E-state index in [0.717, 1.165) is 16.7 Å². The van der Waals surface area contributed by atoms with E-state index in [9.17, 15) is 4.79 Å². The van der Waals surface area contributed by atoms with Gasteiger partial charge >= 0.3 is 5.97 Å². The third kappa shape index (κ3) is 3.58. The van der Waals surface area contributed by atoms with E-state index < -0.39 is 11.7 Å². The number of carbonyl (C=O) groups is 1. The van der Waals surface area contributed by atoms with Gasteiger partial charge in [-0.2, -0.15) is 0 Å². The fourth-order valence-corrected chi connectivity index (χ4v) is 3.18. The smallest absolute Gasteiger partial charge is 0.359 e. The van der Waals surface area contributed by atoms with Gasteiger partial charge in [0.15, 0.2) is 5.71 Å². The van der Waals surface area contributed by atoms with Crippen molar-refractivity contribution in [3.63, 3.8) is 0 Å². The molecule has 3 nitrogen and oxygen atoms in total. The average molecular weight is 353 g/mol. The van der Waals surface area contributed by atoms with Gasteiger partial charge in [0, 0.05) is 17.5 Å². The second-order valence-corrected chi connectivity index (χ2v) is 6.38. The van der Waals surface area contributed by atoms with E-state index in [2.05, 4.69) is 0 Å². The Balaban J connectivity index is 1.71. The van der Waals surface area contributed by atoms with Gasteiger partial charge in [-0.05, 0) is 5.56 Å². The Kier molecular flexibility index (Phi) is 4.67. The van der Waals surface area contributed by atoms with Crippen LogP contribution in [0.2, 0.25) is 0 Å². The predicted molar refractivity (Wildman–Crippen MR) is 107 cm³/mol. The molecule has 0 aromatic heterocycles. The minimum atomic E-state index is -1.03. The SMILES string of the molecule is O=C1OC(C/C=C/c2ccccc2)(c2ccccc2)N=C1c1ccccc1. The molecule has 0 amide bonds. The molecule has 4 rings (SSSR count). The van der Waals surface area contributed by atoms with Crippen molar-refractivity contribution in [1.29, 1.82) is 0 Å². The second kappa shape index (κ2) is 7.42. The molecule has 27 heavy (non-hydrogen) atoms. The van der Waals surface area contributed by atoms with Crippen LogP contribution >= 0.6 is 0 Å². The van der Waals surface area contributed by atoms with Crippen molar-refractivity contribution in [1.82, 2.24) is 0 Å². The van der Waals surface area contributed by atoms with Gasteiger partial charge in [0.1, 0.15) is 0 Å². The van der Waals surface area contributed by atoms with Crippen LogP contribution in [0.25, 0.3) is 6.08 Å². The third-order valence-electron chi connectivity index (χ3n) is 4.52. The van der Waals surface area contributed by atoms with Gasteiger partial charge in [-0.25, -0.2) is 9.79 Å². The van der Waals surface area contributed by atoms with Gasteiger partial charge in [-0.15, -0.1) is 0 Å². The molecule has 1 unspecified atom stereocenters. The summed E-state index contributed by atoms with van der Waals surface area (Å²) in [5, 5.41) is 0. The lowest BCUT2D eigenvalue weighted by Gasteiger charge is -2.24. The minimum absolute atomic E-state index is 0.368. The van der Waals surface area contributed by atoms with E-state index in [1.807, 2.05) is 103 Å². The summed E-state index contributed by atoms with van der Waals surface area (Å²) in [6.07, 6.45) is 4.50. The fourth-order valence-electron chi connectivity index (χ4n) is 3.18. The van der Waals surface area contributed by atoms with Crippen LogP contribution in [-0.2, 0) is 15.3 Å². The molecule has 1 aliphatic rings. The van der Waals surface area contributed by atoms with Crippen molar-refractivity contribution < 1.29 is 9.53 Å². The maximum Gasteiger partial charge on any atom is 0.359 e. The molecule has 0 spiro atoms. The lowest BCUT2D eigenvalue weighted by molar-refractivity contribution is -0.146. The summed E-state index contributed by atoms with van der Waals surface area (Å²) in [5.74, 6) is -0.391. The Morgan fingerprint density at radius 2 is 1.41 bits per heavy atom. The zero-order valence-electron chi connectivity index (χ0n) is 14.8. The highest BCUT2D eigenvalue weighted by Crippen LogP contribution is 2.37.